The van der Waals surface area contributed by atoms with Crippen molar-refractivity contribution >= 4 is 17.5 Å². The van der Waals surface area contributed by atoms with E-state index in [0.717, 1.165) is 22.4 Å². The Morgan fingerprint density at radius 2 is 1.90 bits per heavy atom. The molecular weight excluding hydrogens is 396 g/mol. The second kappa shape index (κ2) is 8.10. The van der Waals surface area contributed by atoms with Crippen LogP contribution in [0.15, 0.2) is 47.7 Å². The first-order valence-corrected chi connectivity index (χ1v) is 9.79. The number of ether oxygens (including phenoxy) is 2. The van der Waals surface area contributed by atoms with E-state index in [2.05, 4.69) is 26.2 Å². The normalized spacial score (nSPS) is 15.2. The van der Waals surface area contributed by atoms with E-state index in [1.165, 1.54) is 0 Å². The van der Waals surface area contributed by atoms with Gasteiger partial charge >= 0.3 is 0 Å². The molecule has 0 bridgehead atoms. The molecule has 0 fully saturated rings. The Morgan fingerprint density at radius 3 is 2.61 bits per heavy atom. The topological polar surface area (TPSA) is 103 Å². The van der Waals surface area contributed by atoms with E-state index < -0.39 is 6.04 Å². The number of nitrogens with zero attached hydrogens (tertiary/aromatic N) is 4. The van der Waals surface area contributed by atoms with E-state index in [1.54, 1.807) is 25.0 Å². The number of anilines is 2. The van der Waals surface area contributed by atoms with Crippen molar-refractivity contribution < 1.29 is 14.3 Å². The van der Waals surface area contributed by atoms with Gasteiger partial charge in [0.05, 0.1) is 19.8 Å². The van der Waals surface area contributed by atoms with Crippen molar-refractivity contribution in [3.8, 4) is 11.5 Å². The van der Waals surface area contributed by atoms with E-state index in [4.69, 9.17) is 9.47 Å². The highest BCUT2D eigenvalue weighted by Gasteiger charge is 2.36. The first-order chi connectivity index (χ1) is 14.9. The molecule has 0 unspecified atom stereocenters. The summed E-state index contributed by atoms with van der Waals surface area (Å²) >= 11 is 0. The maximum Gasteiger partial charge on any atom is 0.255 e. The van der Waals surface area contributed by atoms with Gasteiger partial charge < -0.3 is 20.1 Å². The van der Waals surface area contributed by atoms with Crippen LogP contribution >= 0.6 is 0 Å². The Bertz CT molecular complexity index is 1180. The molecule has 0 radical (unpaired) electrons. The van der Waals surface area contributed by atoms with Crippen molar-refractivity contribution in [1.29, 1.82) is 0 Å². The lowest BCUT2D eigenvalue weighted by atomic mass is 9.94. The zero-order valence-corrected chi connectivity index (χ0v) is 18.1. The molecule has 0 saturated heterocycles. The summed E-state index contributed by atoms with van der Waals surface area (Å²) in [6.45, 7) is 5.81. The zero-order chi connectivity index (χ0) is 22.1. The molecule has 2 heterocycles. The van der Waals surface area contributed by atoms with Crippen molar-refractivity contribution in [2.24, 2.45) is 0 Å². The number of benzene rings is 2. The van der Waals surface area contributed by atoms with Crippen LogP contribution < -0.4 is 20.1 Å². The first-order valence-electron chi connectivity index (χ1n) is 9.79. The molecule has 2 N–H and O–H groups in total. The lowest BCUT2D eigenvalue weighted by Gasteiger charge is -2.29. The highest BCUT2D eigenvalue weighted by molar-refractivity contribution is 6.06. The predicted octanol–water partition coefficient (Wildman–Crippen LogP) is 3.23. The average Bonchev–Trinajstić information content (AvgIpc) is 3.22. The molecule has 31 heavy (non-hydrogen) atoms. The average molecular weight is 420 g/mol. The summed E-state index contributed by atoms with van der Waals surface area (Å²) in [7, 11) is 3.16. The molecule has 1 amide bonds. The number of aromatic nitrogens is 4. The third-order valence-corrected chi connectivity index (χ3v) is 5.32. The molecule has 3 aromatic rings. The van der Waals surface area contributed by atoms with Gasteiger partial charge in [-0.1, -0.05) is 22.8 Å². The molecule has 4 rings (SSSR count). The van der Waals surface area contributed by atoms with Crippen LogP contribution in [-0.2, 0) is 4.79 Å². The second-order valence-electron chi connectivity index (χ2n) is 7.39. The van der Waals surface area contributed by atoms with Gasteiger partial charge in [0.15, 0.2) is 0 Å². The smallest absolute Gasteiger partial charge is 0.255 e. The molecule has 0 aliphatic carbocycles. The molecule has 1 aliphatic rings. The van der Waals surface area contributed by atoms with Crippen LogP contribution in [0, 0.1) is 13.8 Å². The van der Waals surface area contributed by atoms with Crippen LogP contribution in [0.5, 0.6) is 11.5 Å². The fraction of sp³-hybridized carbons (Fsp3) is 0.273. The largest absolute Gasteiger partial charge is 0.497 e. The number of fused-ring (bicyclic) bond motifs is 1. The lowest BCUT2D eigenvalue weighted by molar-refractivity contribution is -0.113. The van der Waals surface area contributed by atoms with Crippen molar-refractivity contribution in [1.82, 2.24) is 20.2 Å². The summed E-state index contributed by atoms with van der Waals surface area (Å²) in [6.07, 6.45) is 0. The van der Waals surface area contributed by atoms with E-state index in [9.17, 15) is 4.79 Å². The summed E-state index contributed by atoms with van der Waals surface area (Å²) in [6, 6.07) is 10.8. The Balaban J connectivity index is 1.81. The molecule has 0 saturated carbocycles. The number of tetrazole rings is 1. The van der Waals surface area contributed by atoms with Crippen molar-refractivity contribution in [2.45, 2.75) is 26.8 Å². The monoisotopic (exact) mass is 420 g/mol. The number of nitrogens with one attached hydrogen (secondary N) is 2. The van der Waals surface area contributed by atoms with Crippen LogP contribution in [-0.4, -0.2) is 40.3 Å². The van der Waals surface area contributed by atoms with Crippen molar-refractivity contribution in [3.63, 3.8) is 0 Å². The van der Waals surface area contributed by atoms with E-state index >= 15 is 0 Å². The van der Waals surface area contributed by atoms with Gasteiger partial charge in [-0.15, -0.1) is 0 Å². The molecule has 9 nitrogen and oxygen atoms in total. The number of hydrogen-bond acceptors (Lipinski definition) is 7. The Kier molecular flexibility index (Phi) is 5.33. The number of amides is 1. The van der Waals surface area contributed by atoms with Crippen LogP contribution in [0.4, 0.5) is 11.6 Å². The third kappa shape index (κ3) is 3.70. The number of rotatable bonds is 5. The minimum Gasteiger partial charge on any atom is -0.497 e. The number of allylic oxidation sites excluding steroid dienone is 1. The van der Waals surface area contributed by atoms with Gasteiger partial charge in [-0.3, -0.25) is 4.79 Å². The molecular formula is C22H24N6O3. The fourth-order valence-corrected chi connectivity index (χ4v) is 3.78. The quantitative estimate of drug-likeness (QED) is 0.653. The lowest BCUT2D eigenvalue weighted by Crippen LogP contribution is -2.32. The van der Waals surface area contributed by atoms with Crippen LogP contribution in [0.2, 0.25) is 0 Å². The molecule has 9 heteroatoms. The standard InChI is InChI=1S/C22H24N6O3/c1-12-6-9-17(13(2)10-12)24-21(29)19-14(3)23-22-25-26-27-28(22)20(19)16-8-7-15(30-4)11-18(16)31-5/h6-11,20H,1-5H3,(H,24,29)(H,23,25,27)/t20-/m1/s1. The molecule has 1 aromatic heterocycles. The number of carbonyl (C=O) groups excluding carboxylic acids is 1. The Morgan fingerprint density at radius 1 is 1.10 bits per heavy atom. The maximum atomic E-state index is 13.5. The third-order valence-electron chi connectivity index (χ3n) is 5.32. The Labute approximate surface area is 180 Å². The molecule has 1 atom stereocenters. The van der Waals surface area contributed by atoms with Crippen LogP contribution in [0.1, 0.15) is 29.7 Å². The van der Waals surface area contributed by atoms with Gasteiger partial charge in [-0.05, 0) is 55.0 Å². The number of hydrogen-bond donors (Lipinski definition) is 2. The summed E-state index contributed by atoms with van der Waals surface area (Å²) in [5.41, 5.74) is 4.75. The van der Waals surface area contributed by atoms with Gasteiger partial charge in [0.2, 0.25) is 5.95 Å². The molecule has 2 aromatic carbocycles. The van der Waals surface area contributed by atoms with Gasteiger partial charge in [-0.2, -0.15) is 4.68 Å². The molecule has 1 aliphatic heterocycles. The highest BCUT2D eigenvalue weighted by atomic mass is 16.5. The number of aryl methyl sites for hydroxylation is 2. The first kappa shape index (κ1) is 20.4. The highest BCUT2D eigenvalue weighted by Crippen LogP contribution is 2.40. The minimum atomic E-state index is -0.585. The maximum absolute atomic E-state index is 13.5. The van der Waals surface area contributed by atoms with Crippen LogP contribution in [0.25, 0.3) is 0 Å². The van der Waals surface area contributed by atoms with E-state index in [1.807, 2.05) is 51.1 Å². The number of methoxy groups -OCH3 is 2. The van der Waals surface area contributed by atoms with Gasteiger partial charge in [0.25, 0.3) is 5.91 Å². The zero-order valence-electron chi connectivity index (χ0n) is 18.1. The number of carbonyl (C=O) groups is 1. The SMILES string of the molecule is COc1ccc([C@@H]2C(C(=O)Nc3ccc(C)cc3C)=C(C)Nc3nnnn32)c(OC)c1. The van der Waals surface area contributed by atoms with Crippen molar-refractivity contribution in [3.05, 3.63) is 64.4 Å². The van der Waals surface area contributed by atoms with Crippen molar-refractivity contribution in [2.75, 3.05) is 24.9 Å². The molecule has 160 valence electrons. The van der Waals surface area contributed by atoms with Crippen LogP contribution in [0.3, 0.4) is 0 Å². The predicted molar refractivity (Wildman–Crippen MR) is 116 cm³/mol. The minimum absolute atomic E-state index is 0.249. The summed E-state index contributed by atoms with van der Waals surface area (Å²) in [5.74, 6) is 1.41. The van der Waals surface area contributed by atoms with E-state index in [0.29, 0.717) is 28.7 Å². The van der Waals surface area contributed by atoms with Gasteiger partial charge in [-0.25, -0.2) is 0 Å². The fourth-order valence-electron chi connectivity index (χ4n) is 3.78. The summed E-state index contributed by atoms with van der Waals surface area (Å²) < 4.78 is 12.5. The Hall–Kier alpha value is -3.88. The van der Waals surface area contributed by atoms with E-state index in [-0.39, 0.29) is 5.91 Å². The second-order valence-corrected chi connectivity index (χ2v) is 7.39. The van der Waals surface area contributed by atoms with Gasteiger partial charge in [0, 0.05) is 23.0 Å². The summed E-state index contributed by atoms with van der Waals surface area (Å²) in [4.78, 5) is 13.5. The summed E-state index contributed by atoms with van der Waals surface area (Å²) in [5, 5.41) is 18.1. The van der Waals surface area contributed by atoms with Gasteiger partial charge in [0.1, 0.15) is 17.5 Å². The molecule has 0 spiro atoms.